The summed E-state index contributed by atoms with van der Waals surface area (Å²) in [5.41, 5.74) is 13.0. The van der Waals surface area contributed by atoms with Gasteiger partial charge in [-0.25, -0.2) is 0 Å². The van der Waals surface area contributed by atoms with Crippen molar-refractivity contribution >= 4 is 17.7 Å². The first kappa shape index (κ1) is 7.60. The van der Waals surface area contributed by atoms with Crippen LogP contribution in [0.3, 0.4) is 0 Å². The van der Waals surface area contributed by atoms with Gasteiger partial charge in [0.05, 0.1) is 0 Å². The summed E-state index contributed by atoms with van der Waals surface area (Å²) in [5, 5.41) is 0. The van der Waals surface area contributed by atoms with E-state index in [-0.39, 0.29) is 0 Å². The Morgan fingerprint density at radius 1 is 1.27 bits per heavy atom. The van der Waals surface area contributed by atoms with Crippen molar-refractivity contribution in [3.05, 3.63) is 23.8 Å². The number of carbonyl (C=O) groups excluding carboxylic acids is 1. The second-order valence-electron chi connectivity index (χ2n) is 2.29. The van der Waals surface area contributed by atoms with E-state index in [1.807, 2.05) is 0 Å². The quantitative estimate of drug-likeness (QED) is 0.479. The Balaban J connectivity index is 3.09. The second-order valence-corrected chi connectivity index (χ2v) is 2.29. The van der Waals surface area contributed by atoms with Crippen LogP contribution >= 0.6 is 0 Å². The summed E-state index contributed by atoms with van der Waals surface area (Å²) in [5.74, 6) is 0. The Bertz CT molecular complexity index is 251. The minimum absolute atomic E-state index is 0.290. The van der Waals surface area contributed by atoms with Crippen LogP contribution in [-0.2, 0) is 11.2 Å². The zero-order chi connectivity index (χ0) is 8.27. The van der Waals surface area contributed by atoms with Gasteiger partial charge >= 0.3 is 0 Å². The number of aldehydes is 1. The number of hydrogen-bond acceptors (Lipinski definition) is 3. The maximum atomic E-state index is 10.2. The monoisotopic (exact) mass is 150 g/mol. The van der Waals surface area contributed by atoms with Crippen LogP contribution in [0.5, 0.6) is 0 Å². The molecule has 1 aromatic carbocycles. The highest BCUT2D eigenvalue weighted by Crippen LogP contribution is 2.18. The van der Waals surface area contributed by atoms with E-state index in [4.69, 9.17) is 11.5 Å². The molecule has 4 N–H and O–H groups in total. The van der Waals surface area contributed by atoms with Gasteiger partial charge in [-0.15, -0.1) is 0 Å². The molecule has 0 spiro atoms. The predicted molar refractivity (Wildman–Crippen MR) is 45.0 cm³/mol. The number of benzene rings is 1. The fraction of sp³-hybridized carbons (Fsp3) is 0.125. The van der Waals surface area contributed by atoms with Crippen molar-refractivity contribution in [3.63, 3.8) is 0 Å². The van der Waals surface area contributed by atoms with Crippen molar-refractivity contribution in [2.45, 2.75) is 6.42 Å². The zero-order valence-corrected chi connectivity index (χ0v) is 6.08. The van der Waals surface area contributed by atoms with Crippen LogP contribution in [0.15, 0.2) is 18.2 Å². The SMILES string of the molecule is Nc1cccc(N)c1CC=O. The molecule has 3 heteroatoms. The van der Waals surface area contributed by atoms with E-state index in [1.165, 1.54) is 0 Å². The van der Waals surface area contributed by atoms with Crippen LogP contribution in [-0.4, -0.2) is 6.29 Å². The Morgan fingerprint density at radius 3 is 2.27 bits per heavy atom. The summed E-state index contributed by atoms with van der Waals surface area (Å²) in [6, 6.07) is 5.23. The fourth-order valence-corrected chi connectivity index (χ4v) is 0.942. The summed E-state index contributed by atoms with van der Waals surface area (Å²) < 4.78 is 0. The van der Waals surface area contributed by atoms with Crippen LogP contribution in [0.1, 0.15) is 5.56 Å². The van der Waals surface area contributed by atoms with E-state index in [9.17, 15) is 4.79 Å². The van der Waals surface area contributed by atoms with E-state index >= 15 is 0 Å². The van der Waals surface area contributed by atoms with Crippen LogP contribution in [0.2, 0.25) is 0 Å². The topological polar surface area (TPSA) is 69.1 Å². The lowest BCUT2D eigenvalue weighted by molar-refractivity contribution is -0.107. The smallest absolute Gasteiger partial charge is 0.124 e. The molecule has 0 fully saturated rings. The largest absolute Gasteiger partial charge is 0.398 e. The molecule has 0 radical (unpaired) electrons. The molecule has 0 aliphatic heterocycles. The van der Waals surface area contributed by atoms with E-state index in [0.29, 0.717) is 17.8 Å². The Labute approximate surface area is 65.0 Å². The molecule has 0 aliphatic rings. The number of hydrogen-bond donors (Lipinski definition) is 2. The van der Waals surface area contributed by atoms with E-state index in [0.717, 1.165) is 11.8 Å². The van der Waals surface area contributed by atoms with Crippen molar-refractivity contribution in [1.82, 2.24) is 0 Å². The van der Waals surface area contributed by atoms with Gasteiger partial charge in [0.15, 0.2) is 0 Å². The van der Waals surface area contributed by atoms with Gasteiger partial charge in [-0.05, 0) is 12.1 Å². The summed E-state index contributed by atoms with van der Waals surface area (Å²) in [7, 11) is 0. The summed E-state index contributed by atoms with van der Waals surface area (Å²) in [6.45, 7) is 0. The van der Waals surface area contributed by atoms with Gasteiger partial charge in [0.2, 0.25) is 0 Å². The summed E-state index contributed by atoms with van der Waals surface area (Å²) >= 11 is 0. The van der Waals surface area contributed by atoms with Gasteiger partial charge in [0.25, 0.3) is 0 Å². The van der Waals surface area contributed by atoms with Crippen LogP contribution in [0, 0.1) is 0 Å². The Kier molecular flexibility index (Phi) is 2.11. The highest BCUT2D eigenvalue weighted by Gasteiger charge is 2.00. The maximum Gasteiger partial charge on any atom is 0.124 e. The van der Waals surface area contributed by atoms with Crippen molar-refractivity contribution in [3.8, 4) is 0 Å². The molecule has 0 atom stereocenters. The molecule has 11 heavy (non-hydrogen) atoms. The van der Waals surface area contributed by atoms with E-state index in [2.05, 4.69) is 0 Å². The molecule has 58 valence electrons. The molecule has 0 aromatic heterocycles. The second kappa shape index (κ2) is 3.05. The summed E-state index contributed by atoms with van der Waals surface area (Å²) in [6.07, 6.45) is 1.08. The molecule has 1 aromatic rings. The van der Waals surface area contributed by atoms with Gasteiger partial charge in [0, 0.05) is 23.4 Å². The number of nitrogens with two attached hydrogens (primary N) is 2. The Hall–Kier alpha value is -1.51. The number of nitrogen functional groups attached to an aromatic ring is 2. The minimum Gasteiger partial charge on any atom is -0.398 e. The van der Waals surface area contributed by atoms with Crippen LogP contribution in [0.4, 0.5) is 11.4 Å². The third kappa shape index (κ3) is 1.49. The molecule has 0 saturated heterocycles. The number of carbonyl (C=O) groups is 1. The third-order valence-corrected chi connectivity index (χ3v) is 1.54. The van der Waals surface area contributed by atoms with Crippen LogP contribution < -0.4 is 11.5 Å². The van der Waals surface area contributed by atoms with E-state index in [1.54, 1.807) is 18.2 Å². The van der Waals surface area contributed by atoms with Gasteiger partial charge in [-0.2, -0.15) is 0 Å². The maximum absolute atomic E-state index is 10.2. The normalized spacial score (nSPS) is 9.45. The lowest BCUT2D eigenvalue weighted by atomic mass is 10.1. The first-order valence-electron chi connectivity index (χ1n) is 3.32. The van der Waals surface area contributed by atoms with Crippen molar-refractivity contribution in [2.75, 3.05) is 11.5 Å². The van der Waals surface area contributed by atoms with Gasteiger partial charge in [0.1, 0.15) is 6.29 Å². The molecule has 1 rings (SSSR count). The lowest BCUT2D eigenvalue weighted by Gasteiger charge is -2.04. The fourth-order valence-electron chi connectivity index (χ4n) is 0.942. The average molecular weight is 150 g/mol. The zero-order valence-electron chi connectivity index (χ0n) is 6.08. The molecule has 3 nitrogen and oxygen atoms in total. The highest BCUT2D eigenvalue weighted by molar-refractivity contribution is 5.69. The molecular weight excluding hydrogens is 140 g/mol. The van der Waals surface area contributed by atoms with Gasteiger partial charge < -0.3 is 16.3 Å². The molecule has 0 aliphatic carbocycles. The lowest BCUT2D eigenvalue weighted by Crippen LogP contribution is -2.00. The summed E-state index contributed by atoms with van der Waals surface area (Å²) in [4.78, 5) is 10.2. The van der Waals surface area contributed by atoms with Crippen LogP contribution in [0.25, 0.3) is 0 Å². The van der Waals surface area contributed by atoms with Crippen molar-refractivity contribution in [2.24, 2.45) is 0 Å². The first-order chi connectivity index (χ1) is 5.25. The predicted octanol–water partition coefficient (Wildman–Crippen LogP) is 0.592. The highest BCUT2D eigenvalue weighted by atomic mass is 16.1. The average Bonchev–Trinajstić information content (AvgIpc) is 1.97. The number of anilines is 2. The van der Waals surface area contributed by atoms with E-state index < -0.39 is 0 Å². The van der Waals surface area contributed by atoms with Crippen molar-refractivity contribution in [1.29, 1.82) is 0 Å². The van der Waals surface area contributed by atoms with Gasteiger partial charge in [-0.1, -0.05) is 6.07 Å². The van der Waals surface area contributed by atoms with Gasteiger partial charge in [-0.3, -0.25) is 0 Å². The standard InChI is InChI=1S/C8H10N2O/c9-7-2-1-3-8(10)6(7)4-5-11/h1-3,5H,4,9-10H2. The minimum atomic E-state index is 0.290. The first-order valence-corrected chi connectivity index (χ1v) is 3.32. The molecular formula is C8H10N2O. The molecule has 0 heterocycles. The molecule has 0 unspecified atom stereocenters. The molecule has 0 saturated carbocycles. The molecule has 0 amide bonds. The van der Waals surface area contributed by atoms with Crippen molar-refractivity contribution < 1.29 is 4.79 Å². The molecule has 0 bridgehead atoms. The third-order valence-electron chi connectivity index (χ3n) is 1.54. The number of rotatable bonds is 2. The Morgan fingerprint density at radius 2 is 1.82 bits per heavy atom.